The van der Waals surface area contributed by atoms with Crippen LogP contribution in [-0.4, -0.2) is 33.6 Å². The summed E-state index contributed by atoms with van der Waals surface area (Å²) < 4.78 is 0. The van der Waals surface area contributed by atoms with Crippen molar-refractivity contribution >= 4 is 17.7 Å². The van der Waals surface area contributed by atoms with E-state index in [0.717, 1.165) is 11.3 Å². The van der Waals surface area contributed by atoms with Gasteiger partial charge in [-0.1, -0.05) is 42.1 Å². The van der Waals surface area contributed by atoms with Crippen LogP contribution in [0.25, 0.3) is 0 Å². The van der Waals surface area contributed by atoms with Gasteiger partial charge in [-0.3, -0.25) is 4.79 Å². The first-order valence-corrected chi connectivity index (χ1v) is 8.09. The minimum atomic E-state index is -0.0536. The first-order chi connectivity index (χ1) is 10.1. The Morgan fingerprint density at radius 2 is 1.95 bits per heavy atom. The van der Waals surface area contributed by atoms with Crippen LogP contribution in [-0.2, 0) is 6.54 Å². The molecule has 0 aliphatic heterocycles. The second-order valence-corrected chi connectivity index (χ2v) is 5.46. The van der Waals surface area contributed by atoms with Crippen molar-refractivity contribution < 1.29 is 4.79 Å². The maximum absolute atomic E-state index is 12.6. The van der Waals surface area contributed by atoms with Crippen LogP contribution in [0.2, 0.25) is 0 Å². The summed E-state index contributed by atoms with van der Waals surface area (Å²) in [6, 6.07) is 11.7. The van der Waals surface area contributed by atoms with Crippen LogP contribution in [0, 0.1) is 6.92 Å². The molecule has 0 unspecified atom stereocenters. The van der Waals surface area contributed by atoms with Crippen molar-refractivity contribution in [2.45, 2.75) is 25.5 Å². The van der Waals surface area contributed by atoms with Gasteiger partial charge in [-0.15, -0.1) is 0 Å². The molecule has 0 fully saturated rings. The zero-order valence-corrected chi connectivity index (χ0v) is 13.4. The Morgan fingerprint density at radius 1 is 1.24 bits per heavy atom. The van der Waals surface area contributed by atoms with E-state index in [-0.39, 0.29) is 5.91 Å². The van der Waals surface area contributed by atoms with E-state index in [0.29, 0.717) is 23.9 Å². The van der Waals surface area contributed by atoms with Gasteiger partial charge in [0.25, 0.3) is 5.91 Å². The monoisotopic (exact) mass is 301 g/mol. The fraction of sp³-hybridized carbons (Fsp3) is 0.312. The van der Waals surface area contributed by atoms with E-state index in [2.05, 4.69) is 9.97 Å². The summed E-state index contributed by atoms with van der Waals surface area (Å²) in [6.07, 6.45) is 1.91. The van der Waals surface area contributed by atoms with Gasteiger partial charge in [-0.05, 0) is 31.7 Å². The minimum Gasteiger partial charge on any atom is -0.333 e. The molecule has 0 radical (unpaired) electrons. The third kappa shape index (κ3) is 4.04. The predicted octanol–water partition coefficient (Wildman–Crippen LogP) is 3.17. The standard InChI is InChI=1S/C16H19N3OS/c1-4-19(11-13-8-6-5-7-9-13)15(20)14-10-12(2)17-16(18-14)21-3/h5-10H,4,11H2,1-3H3. The van der Waals surface area contributed by atoms with Crippen molar-refractivity contribution in [3.63, 3.8) is 0 Å². The Labute approximate surface area is 129 Å². The zero-order chi connectivity index (χ0) is 15.2. The summed E-state index contributed by atoms with van der Waals surface area (Å²) >= 11 is 1.44. The van der Waals surface area contributed by atoms with Crippen LogP contribution in [0.15, 0.2) is 41.6 Å². The molecule has 0 aliphatic carbocycles. The smallest absolute Gasteiger partial charge is 0.272 e. The highest BCUT2D eigenvalue weighted by molar-refractivity contribution is 7.98. The molecule has 0 bridgehead atoms. The van der Waals surface area contributed by atoms with Crippen LogP contribution >= 0.6 is 11.8 Å². The largest absolute Gasteiger partial charge is 0.333 e. The highest BCUT2D eigenvalue weighted by Crippen LogP contribution is 2.13. The van der Waals surface area contributed by atoms with Crippen LogP contribution in [0.1, 0.15) is 28.7 Å². The molecule has 2 rings (SSSR count). The minimum absolute atomic E-state index is 0.0536. The lowest BCUT2D eigenvalue weighted by atomic mass is 10.2. The molecular weight excluding hydrogens is 282 g/mol. The predicted molar refractivity (Wildman–Crippen MR) is 85.4 cm³/mol. The fourth-order valence-corrected chi connectivity index (χ4v) is 2.46. The number of aromatic nitrogens is 2. The zero-order valence-electron chi connectivity index (χ0n) is 12.5. The molecule has 1 aromatic heterocycles. The summed E-state index contributed by atoms with van der Waals surface area (Å²) in [7, 11) is 0. The molecule has 1 amide bonds. The SMILES string of the molecule is CCN(Cc1ccccc1)C(=O)c1cc(C)nc(SC)n1. The van der Waals surface area contributed by atoms with Crippen molar-refractivity contribution in [2.75, 3.05) is 12.8 Å². The van der Waals surface area contributed by atoms with Crippen LogP contribution < -0.4 is 0 Å². The number of thioether (sulfide) groups is 1. The van der Waals surface area contributed by atoms with Gasteiger partial charge >= 0.3 is 0 Å². The normalized spacial score (nSPS) is 10.4. The Bertz CT molecular complexity index is 616. The molecule has 0 spiro atoms. The van der Waals surface area contributed by atoms with Crippen molar-refractivity contribution in [3.8, 4) is 0 Å². The molecule has 5 heteroatoms. The van der Waals surface area contributed by atoms with E-state index < -0.39 is 0 Å². The fourth-order valence-electron chi connectivity index (χ4n) is 2.04. The summed E-state index contributed by atoms with van der Waals surface area (Å²) in [5.74, 6) is -0.0536. The Hall–Kier alpha value is -1.88. The van der Waals surface area contributed by atoms with E-state index >= 15 is 0 Å². The molecule has 1 heterocycles. The van der Waals surface area contributed by atoms with Crippen LogP contribution in [0.5, 0.6) is 0 Å². The van der Waals surface area contributed by atoms with E-state index in [1.807, 2.05) is 50.4 Å². The van der Waals surface area contributed by atoms with Gasteiger partial charge in [-0.25, -0.2) is 9.97 Å². The molecule has 4 nitrogen and oxygen atoms in total. The molecule has 0 atom stereocenters. The average molecular weight is 301 g/mol. The van der Waals surface area contributed by atoms with E-state index in [4.69, 9.17) is 0 Å². The molecule has 110 valence electrons. The lowest BCUT2D eigenvalue weighted by molar-refractivity contribution is 0.0745. The summed E-state index contributed by atoms with van der Waals surface area (Å²) in [5, 5.41) is 0.633. The highest BCUT2D eigenvalue weighted by Gasteiger charge is 2.17. The lowest BCUT2D eigenvalue weighted by Gasteiger charge is -2.20. The Kier molecular flexibility index (Phi) is 5.33. The third-order valence-corrected chi connectivity index (χ3v) is 3.67. The summed E-state index contributed by atoms with van der Waals surface area (Å²) in [6.45, 7) is 5.09. The number of hydrogen-bond donors (Lipinski definition) is 0. The number of carbonyl (C=O) groups is 1. The van der Waals surface area contributed by atoms with Crippen molar-refractivity contribution in [1.29, 1.82) is 0 Å². The Balaban J connectivity index is 2.22. The quantitative estimate of drug-likeness (QED) is 0.628. The van der Waals surface area contributed by atoms with Gasteiger partial charge in [0.2, 0.25) is 0 Å². The topological polar surface area (TPSA) is 46.1 Å². The first-order valence-electron chi connectivity index (χ1n) is 6.87. The molecule has 0 saturated carbocycles. The van der Waals surface area contributed by atoms with Gasteiger partial charge in [0, 0.05) is 18.8 Å². The van der Waals surface area contributed by atoms with E-state index in [1.165, 1.54) is 11.8 Å². The van der Waals surface area contributed by atoms with Crippen LogP contribution in [0.4, 0.5) is 0 Å². The van der Waals surface area contributed by atoms with Crippen LogP contribution in [0.3, 0.4) is 0 Å². The number of rotatable bonds is 5. The number of nitrogens with zero attached hydrogens (tertiary/aromatic N) is 3. The molecule has 0 N–H and O–H groups in total. The number of aryl methyl sites for hydroxylation is 1. The highest BCUT2D eigenvalue weighted by atomic mass is 32.2. The van der Waals surface area contributed by atoms with Gasteiger partial charge < -0.3 is 4.90 Å². The molecule has 0 saturated heterocycles. The Morgan fingerprint density at radius 3 is 2.57 bits per heavy atom. The summed E-state index contributed by atoms with van der Waals surface area (Å²) in [4.78, 5) is 23.0. The maximum Gasteiger partial charge on any atom is 0.272 e. The van der Waals surface area contributed by atoms with Crippen molar-refractivity contribution in [1.82, 2.24) is 14.9 Å². The number of amides is 1. The second kappa shape index (κ2) is 7.22. The third-order valence-electron chi connectivity index (χ3n) is 3.12. The molecule has 2 aromatic rings. The van der Waals surface area contributed by atoms with E-state index in [1.54, 1.807) is 11.0 Å². The van der Waals surface area contributed by atoms with Gasteiger partial charge in [0.1, 0.15) is 5.69 Å². The molecule has 0 aliphatic rings. The van der Waals surface area contributed by atoms with Crippen molar-refractivity contribution in [2.24, 2.45) is 0 Å². The van der Waals surface area contributed by atoms with Gasteiger partial charge in [0.15, 0.2) is 5.16 Å². The van der Waals surface area contributed by atoms with Gasteiger partial charge in [0.05, 0.1) is 0 Å². The number of benzene rings is 1. The number of hydrogen-bond acceptors (Lipinski definition) is 4. The maximum atomic E-state index is 12.6. The molecule has 1 aromatic carbocycles. The van der Waals surface area contributed by atoms with E-state index in [9.17, 15) is 4.79 Å². The second-order valence-electron chi connectivity index (χ2n) is 4.69. The number of carbonyl (C=O) groups excluding carboxylic acids is 1. The lowest BCUT2D eigenvalue weighted by Crippen LogP contribution is -2.31. The van der Waals surface area contributed by atoms with Crippen molar-refractivity contribution in [3.05, 3.63) is 53.3 Å². The molecular formula is C16H19N3OS. The molecule has 21 heavy (non-hydrogen) atoms. The first kappa shape index (κ1) is 15.5. The van der Waals surface area contributed by atoms with Gasteiger partial charge in [-0.2, -0.15) is 0 Å². The summed E-state index contributed by atoms with van der Waals surface area (Å²) in [5.41, 5.74) is 2.39. The average Bonchev–Trinajstić information content (AvgIpc) is 2.52.